The van der Waals surface area contributed by atoms with Crippen LogP contribution in [0.5, 0.6) is 0 Å². The third-order valence-corrected chi connectivity index (χ3v) is 3.18. The first-order chi connectivity index (χ1) is 10.7. The van der Waals surface area contributed by atoms with Gasteiger partial charge in [-0.25, -0.2) is 4.79 Å². The van der Waals surface area contributed by atoms with E-state index in [1.807, 2.05) is 27.7 Å². The van der Waals surface area contributed by atoms with E-state index in [1.54, 1.807) is 24.9 Å². The molecule has 0 bridgehead atoms. The van der Waals surface area contributed by atoms with Gasteiger partial charge in [0.25, 0.3) is 0 Å². The highest BCUT2D eigenvalue weighted by molar-refractivity contribution is 5.60. The lowest BCUT2D eigenvalue weighted by atomic mass is 9.94. The van der Waals surface area contributed by atoms with Gasteiger partial charge in [0.1, 0.15) is 5.69 Å². The normalized spacial score (nSPS) is 13.0. The molecule has 0 aliphatic rings. The third-order valence-electron chi connectivity index (χ3n) is 3.18. The molecule has 0 N–H and O–H groups in total. The van der Waals surface area contributed by atoms with Gasteiger partial charge in [0, 0.05) is 12.5 Å². The van der Waals surface area contributed by atoms with E-state index in [0.29, 0.717) is 5.82 Å². The number of hydrogen-bond acceptors (Lipinski definition) is 7. The molecule has 0 saturated carbocycles. The van der Waals surface area contributed by atoms with Gasteiger partial charge >= 0.3 is 6.16 Å². The number of nitrogens with zero attached hydrogens (tertiary/aromatic N) is 6. The van der Waals surface area contributed by atoms with Crippen LogP contribution in [0.4, 0.5) is 4.79 Å². The summed E-state index contributed by atoms with van der Waals surface area (Å²) in [6.07, 6.45) is 0.228. The van der Waals surface area contributed by atoms with Crippen LogP contribution in [-0.4, -0.2) is 42.7 Å². The molecular weight excluding hydrogens is 300 g/mol. The second-order valence-corrected chi connectivity index (χ2v) is 6.25. The fourth-order valence-electron chi connectivity index (χ4n) is 2.10. The van der Waals surface area contributed by atoms with E-state index in [1.165, 1.54) is 4.80 Å². The molecule has 0 aromatic carbocycles. The standard InChI is InChI=1S/C14H22N6O3/c1-7-22-13(21)23-12(14(3,4)5)20-17-11(16-18-20)10-9(2)8-15-19(10)6/h8,12H,7H2,1-6H3. The molecule has 0 aliphatic heterocycles. The van der Waals surface area contributed by atoms with Crippen molar-refractivity contribution in [2.24, 2.45) is 12.5 Å². The van der Waals surface area contributed by atoms with Gasteiger partial charge in [-0.3, -0.25) is 4.68 Å². The molecule has 0 aliphatic carbocycles. The topological polar surface area (TPSA) is 97.0 Å². The molecular formula is C14H22N6O3. The SMILES string of the molecule is CCOC(=O)OC(n1nnc(-c2c(C)cnn2C)n1)C(C)(C)C. The summed E-state index contributed by atoms with van der Waals surface area (Å²) < 4.78 is 11.9. The van der Waals surface area contributed by atoms with Gasteiger partial charge in [0.2, 0.25) is 12.1 Å². The van der Waals surface area contributed by atoms with Crippen LogP contribution in [0.1, 0.15) is 39.5 Å². The Balaban J connectivity index is 2.32. The molecule has 0 spiro atoms. The van der Waals surface area contributed by atoms with Crippen LogP contribution in [-0.2, 0) is 16.5 Å². The average molecular weight is 322 g/mol. The molecule has 0 radical (unpaired) electrons. The fourth-order valence-corrected chi connectivity index (χ4v) is 2.10. The Bertz CT molecular complexity index is 665. The van der Waals surface area contributed by atoms with Crippen LogP contribution >= 0.6 is 0 Å². The summed E-state index contributed by atoms with van der Waals surface area (Å²) in [5.74, 6) is 0.421. The molecule has 1 unspecified atom stereocenters. The van der Waals surface area contributed by atoms with Crippen molar-refractivity contribution in [3.63, 3.8) is 0 Å². The average Bonchev–Trinajstić information content (AvgIpc) is 3.02. The summed E-state index contributed by atoms with van der Waals surface area (Å²) >= 11 is 0. The van der Waals surface area contributed by atoms with Crippen molar-refractivity contribution in [1.29, 1.82) is 0 Å². The lowest BCUT2D eigenvalue weighted by Gasteiger charge is -2.27. The van der Waals surface area contributed by atoms with Gasteiger partial charge in [-0.1, -0.05) is 20.8 Å². The van der Waals surface area contributed by atoms with E-state index in [0.717, 1.165) is 11.3 Å². The molecule has 126 valence electrons. The van der Waals surface area contributed by atoms with Gasteiger partial charge in [-0.05, 0) is 24.6 Å². The predicted molar refractivity (Wildman–Crippen MR) is 81.4 cm³/mol. The quantitative estimate of drug-likeness (QED) is 0.795. The maximum atomic E-state index is 11.7. The Morgan fingerprint density at radius 3 is 2.61 bits per heavy atom. The number of carbonyl (C=O) groups is 1. The minimum Gasteiger partial charge on any atom is -0.435 e. The van der Waals surface area contributed by atoms with Crippen molar-refractivity contribution in [1.82, 2.24) is 30.0 Å². The number of aromatic nitrogens is 6. The molecule has 9 heteroatoms. The molecule has 2 aromatic heterocycles. The highest BCUT2D eigenvalue weighted by atomic mass is 16.7. The lowest BCUT2D eigenvalue weighted by molar-refractivity contribution is -0.0681. The summed E-state index contributed by atoms with van der Waals surface area (Å²) in [7, 11) is 1.80. The second-order valence-electron chi connectivity index (χ2n) is 6.25. The molecule has 0 fully saturated rings. The summed E-state index contributed by atoms with van der Waals surface area (Å²) in [5, 5.41) is 16.6. The van der Waals surface area contributed by atoms with Crippen LogP contribution in [0.3, 0.4) is 0 Å². The smallest absolute Gasteiger partial charge is 0.435 e. The zero-order valence-electron chi connectivity index (χ0n) is 14.3. The second kappa shape index (κ2) is 6.35. The minimum atomic E-state index is -0.761. The Labute approximate surface area is 134 Å². The van der Waals surface area contributed by atoms with Crippen molar-refractivity contribution in [3.8, 4) is 11.5 Å². The first-order valence-corrected chi connectivity index (χ1v) is 7.36. The van der Waals surface area contributed by atoms with Gasteiger partial charge in [0.15, 0.2) is 0 Å². The summed E-state index contributed by atoms with van der Waals surface area (Å²) in [5.41, 5.74) is 1.26. The van der Waals surface area contributed by atoms with Gasteiger partial charge in [-0.15, -0.1) is 15.0 Å². The van der Waals surface area contributed by atoms with Crippen molar-refractivity contribution < 1.29 is 14.3 Å². The number of tetrazole rings is 1. The molecule has 2 heterocycles. The molecule has 0 amide bonds. The van der Waals surface area contributed by atoms with Crippen LogP contribution in [0, 0.1) is 12.3 Å². The minimum absolute atomic E-state index is 0.236. The zero-order chi connectivity index (χ0) is 17.2. The Hall–Kier alpha value is -2.45. The summed E-state index contributed by atoms with van der Waals surface area (Å²) in [6, 6.07) is 0. The Morgan fingerprint density at radius 2 is 2.09 bits per heavy atom. The highest BCUT2D eigenvalue weighted by Gasteiger charge is 2.33. The predicted octanol–water partition coefficient (Wildman–Crippen LogP) is 2.10. The maximum Gasteiger partial charge on any atom is 0.510 e. The zero-order valence-corrected chi connectivity index (χ0v) is 14.3. The molecule has 2 aromatic rings. The van der Waals surface area contributed by atoms with Gasteiger partial charge < -0.3 is 9.47 Å². The summed E-state index contributed by atoms with van der Waals surface area (Å²) in [4.78, 5) is 13.0. The highest BCUT2D eigenvalue weighted by Crippen LogP contribution is 2.31. The van der Waals surface area contributed by atoms with Crippen molar-refractivity contribution in [3.05, 3.63) is 11.8 Å². The first-order valence-electron chi connectivity index (χ1n) is 7.36. The van der Waals surface area contributed by atoms with E-state index < -0.39 is 17.8 Å². The van der Waals surface area contributed by atoms with E-state index in [9.17, 15) is 4.79 Å². The number of carbonyl (C=O) groups excluding carboxylic acids is 1. The largest absolute Gasteiger partial charge is 0.510 e. The van der Waals surface area contributed by atoms with Gasteiger partial charge in [-0.2, -0.15) is 5.10 Å². The van der Waals surface area contributed by atoms with Crippen molar-refractivity contribution in [2.45, 2.75) is 40.8 Å². The Morgan fingerprint density at radius 1 is 1.39 bits per heavy atom. The monoisotopic (exact) mass is 322 g/mol. The molecule has 1 atom stereocenters. The fraction of sp³-hybridized carbons (Fsp3) is 0.643. The van der Waals surface area contributed by atoms with Crippen LogP contribution < -0.4 is 0 Å². The van der Waals surface area contributed by atoms with Crippen LogP contribution in [0.15, 0.2) is 6.20 Å². The van der Waals surface area contributed by atoms with E-state index in [-0.39, 0.29) is 6.61 Å². The number of hydrogen-bond donors (Lipinski definition) is 0. The molecule has 9 nitrogen and oxygen atoms in total. The number of rotatable bonds is 4. The van der Waals surface area contributed by atoms with Crippen molar-refractivity contribution >= 4 is 6.16 Å². The molecule has 2 rings (SSSR count). The van der Waals surface area contributed by atoms with E-state index in [2.05, 4.69) is 20.5 Å². The lowest BCUT2D eigenvalue weighted by Crippen LogP contribution is -2.31. The number of ether oxygens (including phenoxy) is 2. The number of aryl methyl sites for hydroxylation is 2. The molecule has 23 heavy (non-hydrogen) atoms. The van der Waals surface area contributed by atoms with Crippen LogP contribution in [0.2, 0.25) is 0 Å². The van der Waals surface area contributed by atoms with Crippen molar-refractivity contribution in [2.75, 3.05) is 6.61 Å². The van der Waals surface area contributed by atoms with E-state index >= 15 is 0 Å². The van der Waals surface area contributed by atoms with Gasteiger partial charge in [0.05, 0.1) is 12.8 Å². The van der Waals surface area contributed by atoms with E-state index in [4.69, 9.17) is 9.47 Å². The Kier molecular flexibility index (Phi) is 4.67. The molecule has 0 saturated heterocycles. The van der Waals surface area contributed by atoms with Crippen LogP contribution in [0.25, 0.3) is 11.5 Å². The maximum absolute atomic E-state index is 11.7. The summed E-state index contributed by atoms with van der Waals surface area (Å²) in [6.45, 7) is 9.60. The first kappa shape index (κ1) is 16.9. The third kappa shape index (κ3) is 3.66.